The second-order valence-corrected chi connectivity index (χ2v) is 8.44. The number of rotatable bonds is 5. The first-order valence-corrected chi connectivity index (χ1v) is 9.35. The Balaban J connectivity index is 2.04. The minimum absolute atomic E-state index is 0.389. The Labute approximate surface area is 136 Å². The minimum atomic E-state index is -4.08. The van der Waals surface area contributed by atoms with Crippen LogP contribution in [0.2, 0.25) is 0 Å². The minimum Gasteiger partial charge on any atom is -0.301 e. The van der Waals surface area contributed by atoms with Gasteiger partial charge in [-0.05, 0) is 43.4 Å². The van der Waals surface area contributed by atoms with Crippen molar-refractivity contribution < 1.29 is 17.2 Å². The molecule has 1 heterocycles. The van der Waals surface area contributed by atoms with Crippen LogP contribution in [0.4, 0.5) is 8.78 Å². The quantitative estimate of drug-likeness (QED) is 0.892. The van der Waals surface area contributed by atoms with Gasteiger partial charge in [0, 0.05) is 25.7 Å². The molecule has 130 valence electrons. The third-order valence-corrected chi connectivity index (χ3v) is 5.62. The summed E-state index contributed by atoms with van der Waals surface area (Å²) in [7, 11) is -4.08. The average molecular weight is 346 g/mol. The second kappa shape index (κ2) is 7.23. The Morgan fingerprint density at radius 2 is 1.87 bits per heavy atom. The summed E-state index contributed by atoms with van der Waals surface area (Å²) in [5.41, 5.74) is 0. The van der Waals surface area contributed by atoms with Gasteiger partial charge in [-0.3, -0.25) is 0 Å². The van der Waals surface area contributed by atoms with Gasteiger partial charge >= 0.3 is 0 Å². The van der Waals surface area contributed by atoms with Gasteiger partial charge in [0.1, 0.15) is 16.5 Å². The Morgan fingerprint density at radius 3 is 2.48 bits per heavy atom. The number of sulfonamides is 1. The molecule has 2 rings (SSSR count). The summed E-state index contributed by atoms with van der Waals surface area (Å²) < 4.78 is 53.8. The highest BCUT2D eigenvalue weighted by Gasteiger charge is 2.26. The van der Waals surface area contributed by atoms with Crippen LogP contribution >= 0.6 is 0 Å². The summed E-state index contributed by atoms with van der Waals surface area (Å²) in [5.74, 6) is -0.587. The number of nitrogens with zero attached hydrogens (tertiary/aromatic N) is 1. The van der Waals surface area contributed by atoms with Crippen molar-refractivity contribution in [2.75, 3.05) is 19.6 Å². The van der Waals surface area contributed by atoms with Gasteiger partial charge in [-0.25, -0.2) is 21.9 Å². The van der Waals surface area contributed by atoms with Crippen LogP contribution in [0.25, 0.3) is 0 Å². The van der Waals surface area contributed by atoms with Crippen molar-refractivity contribution in [3.05, 3.63) is 29.8 Å². The van der Waals surface area contributed by atoms with Crippen molar-refractivity contribution in [1.82, 2.24) is 9.62 Å². The lowest BCUT2D eigenvalue weighted by atomic mass is 9.92. The number of hydrogen-bond acceptors (Lipinski definition) is 3. The van der Waals surface area contributed by atoms with Gasteiger partial charge in [-0.2, -0.15) is 0 Å². The van der Waals surface area contributed by atoms with Gasteiger partial charge in [-0.15, -0.1) is 0 Å². The number of nitrogens with one attached hydrogen (secondary N) is 1. The number of piperidine rings is 1. The molecule has 3 atom stereocenters. The van der Waals surface area contributed by atoms with Gasteiger partial charge in [0.2, 0.25) is 10.0 Å². The molecular weight excluding hydrogens is 322 g/mol. The lowest BCUT2D eigenvalue weighted by Crippen LogP contribution is -2.47. The molecule has 1 N–H and O–H groups in total. The highest BCUT2D eigenvalue weighted by atomic mass is 32.2. The summed E-state index contributed by atoms with van der Waals surface area (Å²) in [6.07, 6.45) is 1.17. The molecule has 0 aliphatic carbocycles. The Bertz CT molecular complexity index is 641. The molecular formula is C16H24F2N2O2S. The van der Waals surface area contributed by atoms with E-state index in [1.807, 2.05) is 0 Å². The molecule has 0 radical (unpaired) electrons. The molecule has 23 heavy (non-hydrogen) atoms. The van der Waals surface area contributed by atoms with Gasteiger partial charge < -0.3 is 4.90 Å². The van der Waals surface area contributed by atoms with Crippen molar-refractivity contribution in [3.63, 3.8) is 0 Å². The summed E-state index contributed by atoms with van der Waals surface area (Å²) in [6.45, 7) is 8.48. The van der Waals surface area contributed by atoms with Gasteiger partial charge in [0.25, 0.3) is 0 Å². The third kappa shape index (κ3) is 4.96. The van der Waals surface area contributed by atoms with Crippen molar-refractivity contribution in [2.24, 2.45) is 11.8 Å². The molecule has 0 amide bonds. The Hall–Kier alpha value is -1.05. The molecule has 4 nitrogen and oxygen atoms in total. The average Bonchev–Trinajstić information content (AvgIpc) is 2.39. The molecule has 0 unspecified atom stereocenters. The molecule has 1 saturated heterocycles. The number of hydrogen-bond donors (Lipinski definition) is 1. The Morgan fingerprint density at radius 1 is 1.26 bits per heavy atom. The largest absolute Gasteiger partial charge is 0.301 e. The van der Waals surface area contributed by atoms with E-state index in [0.29, 0.717) is 24.4 Å². The zero-order chi connectivity index (χ0) is 17.2. The predicted molar refractivity (Wildman–Crippen MR) is 85.5 cm³/mol. The standard InChI is InChI=1S/C16H24F2N2O2S/c1-11-6-12(2)9-20(8-11)10-13(3)19-23(21,22)16-7-14(17)4-5-15(16)18/h4-5,7,11-13,19H,6,8-10H2,1-3H3/t11-,12+,13-/m1/s1. The van der Waals surface area contributed by atoms with Crippen molar-refractivity contribution in [2.45, 2.75) is 38.1 Å². The molecule has 0 saturated carbocycles. The van der Waals surface area contributed by atoms with E-state index >= 15 is 0 Å². The Kier molecular flexibility index (Phi) is 5.75. The number of halogens is 2. The molecule has 1 aliphatic rings. The molecule has 1 aliphatic heterocycles. The van der Waals surface area contributed by atoms with Gasteiger partial charge in [0.15, 0.2) is 0 Å². The van der Waals surface area contributed by atoms with E-state index in [4.69, 9.17) is 0 Å². The van der Waals surface area contributed by atoms with E-state index in [9.17, 15) is 17.2 Å². The van der Waals surface area contributed by atoms with Crippen LogP contribution in [0.3, 0.4) is 0 Å². The van der Waals surface area contributed by atoms with Gasteiger partial charge in [-0.1, -0.05) is 13.8 Å². The zero-order valence-electron chi connectivity index (χ0n) is 13.7. The molecule has 1 fully saturated rings. The zero-order valence-corrected chi connectivity index (χ0v) is 14.5. The van der Waals surface area contributed by atoms with Crippen LogP contribution in [-0.4, -0.2) is 39.0 Å². The van der Waals surface area contributed by atoms with E-state index in [-0.39, 0.29) is 6.04 Å². The van der Waals surface area contributed by atoms with Gasteiger partial charge in [0.05, 0.1) is 0 Å². The SMILES string of the molecule is C[C@@H]1C[C@H](C)CN(C[C@@H](C)NS(=O)(=O)c2cc(F)ccc2F)C1. The normalized spacial score (nSPS) is 24.6. The lowest BCUT2D eigenvalue weighted by molar-refractivity contribution is 0.134. The fourth-order valence-corrected chi connectivity index (χ4v) is 4.70. The molecule has 7 heteroatoms. The van der Waals surface area contributed by atoms with Crippen LogP contribution in [0.5, 0.6) is 0 Å². The smallest absolute Gasteiger partial charge is 0.243 e. The molecule has 1 aromatic rings. The summed E-state index contributed by atoms with van der Waals surface area (Å²) in [4.78, 5) is 1.57. The monoisotopic (exact) mass is 346 g/mol. The van der Waals surface area contributed by atoms with E-state index in [2.05, 4.69) is 23.5 Å². The first-order chi connectivity index (χ1) is 10.7. The predicted octanol–water partition coefficient (Wildman–Crippen LogP) is 2.61. The van der Waals surface area contributed by atoms with Crippen molar-refractivity contribution in [1.29, 1.82) is 0 Å². The molecule has 0 aromatic heterocycles. The molecule has 1 aromatic carbocycles. The maximum absolute atomic E-state index is 13.7. The van der Waals surface area contributed by atoms with Crippen LogP contribution < -0.4 is 4.72 Å². The highest BCUT2D eigenvalue weighted by Crippen LogP contribution is 2.21. The second-order valence-electron chi connectivity index (χ2n) is 6.76. The maximum atomic E-state index is 13.7. The van der Waals surface area contributed by atoms with E-state index < -0.39 is 26.6 Å². The molecule has 0 bridgehead atoms. The maximum Gasteiger partial charge on any atom is 0.243 e. The van der Waals surface area contributed by atoms with Crippen molar-refractivity contribution in [3.8, 4) is 0 Å². The third-order valence-electron chi connectivity index (χ3n) is 4.02. The van der Waals surface area contributed by atoms with Crippen LogP contribution in [-0.2, 0) is 10.0 Å². The summed E-state index contributed by atoms with van der Waals surface area (Å²) >= 11 is 0. The van der Waals surface area contributed by atoms with Crippen molar-refractivity contribution >= 4 is 10.0 Å². The van der Waals surface area contributed by atoms with E-state index in [1.165, 1.54) is 6.42 Å². The fraction of sp³-hybridized carbons (Fsp3) is 0.625. The topological polar surface area (TPSA) is 49.4 Å². The van der Waals surface area contributed by atoms with E-state index in [0.717, 1.165) is 25.2 Å². The fourth-order valence-electron chi connectivity index (χ4n) is 3.38. The number of benzene rings is 1. The van der Waals surface area contributed by atoms with Crippen LogP contribution in [0.15, 0.2) is 23.1 Å². The summed E-state index contributed by atoms with van der Waals surface area (Å²) in [6, 6.07) is 2.03. The lowest BCUT2D eigenvalue weighted by Gasteiger charge is -2.36. The van der Waals surface area contributed by atoms with Crippen LogP contribution in [0.1, 0.15) is 27.2 Å². The first-order valence-electron chi connectivity index (χ1n) is 7.87. The highest BCUT2D eigenvalue weighted by molar-refractivity contribution is 7.89. The van der Waals surface area contributed by atoms with E-state index in [1.54, 1.807) is 6.92 Å². The molecule has 0 spiro atoms. The number of likely N-dealkylation sites (tertiary alicyclic amines) is 1. The summed E-state index contributed by atoms with van der Waals surface area (Å²) in [5, 5.41) is 0. The van der Waals surface area contributed by atoms with Crippen LogP contribution in [0, 0.1) is 23.5 Å². The first kappa shape index (κ1) is 18.3.